The lowest BCUT2D eigenvalue weighted by Crippen LogP contribution is -2.24. The summed E-state index contributed by atoms with van der Waals surface area (Å²) in [6.45, 7) is 2.30. The number of rotatable bonds is 6. The summed E-state index contributed by atoms with van der Waals surface area (Å²) >= 11 is 0. The zero-order chi connectivity index (χ0) is 17.2. The van der Waals surface area contributed by atoms with Gasteiger partial charge in [0, 0.05) is 24.7 Å². The zero-order valence-corrected chi connectivity index (χ0v) is 14.1. The first-order valence-corrected chi connectivity index (χ1v) is 8.51. The van der Waals surface area contributed by atoms with Gasteiger partial charge in [-0.05, 0) is 43.5 Å². The summed E-state index contributed by atoms with van der Waals surface area (Å²) in [5, 5.41) is 11.4. The van der Waals surface area contributed by atoms with Crippen molar-refractivity contribution in [3.63, 3.8) is 0 Å². The minimum Gasteiger partial charge on any atom is -0.361 e. The van der Waals surface area contributed by atoms with Crippen LogP contribution in [0.2, 0.25) is 0 Å². The fourth-order valence-electron chi connectivity index (χ4n) is 2.77. The van der Waals surface area contributed by atoms with E-state index in [1.165, 1.54) is 18.5 Å². The zero-order valence-electron chi connectivity index (χ0n) is 14.1. The number of aromatic nitrogens is 3. The summed E-state index contributed by atoms with van der Waals surface area (Å²) in [4.78, 5) is 11.9. The number of nitrogens with one attached hydrogen (secondary N) is 1. The number of nitrogens with zero attached hydrogens (tertiary/aromatic N) is 3. The molecule has 0 unspecified atom stereocenters. The highest BCUT2D eigenvalue weighted by molar-refractivity contribution is 5.78. The molecule has 4 rings (SSSR count). The molecule has 1 aliphatic carbocycles. The first-order chi connectivity index (χ1) is 12.2. The Bertz CT molecular complexity index is 875. The smallest absolute Gasteiger partial charge is 0.226 e. The first-order valence-electron chi connectivity index (χ1n) is 8.51. The maximum absolute atomic E-state index is 11.9. The van der Waals surface area contributed by atoms with Crippen molar-refractivity contribution < 1.29 is 9.32 Å². The summed E-state index contributed by atoms with van der Waals surface area (Å²) < 4.78 is 6.87. The Kier molecular flexibility index (Phi) is 4.09. The maximum atomic E-state index is 11.9. The SMILES string of the molecule is Cc1cc(CC(=O)NCc2ccc(-n3ccc(C4CC4)n3)cc2)no1. The molecule has 1 N–H and O–H groups in total. The van der Waals surface area contributed by atoms with Crippen molar-refractivity contribution in [2.45, 2.75) is 38.6 Å². The van der Waals surface area contributed by atoms with Gasteiger partial charge in [0.15, 0.2) is 0 Å². The minimum absolute atomic E-state index is 0.0708. The molecule has 2 heterocycles. The van der Waals surface area contributed by atoms with E-state index in [1.54, 1.807) is 6.07 Å². The predicted octanol–water partition coefficient (Wildman–Crippen LogP) is 2.91. The van der Waals surface area contributed by atoms with E-state index < -0.39 is 0 Å². The van der Waals surface area contributed by atoms with Gasteiger partial charge in [0.1, 0.15) is 5.76 Å². The molecule has 1 aliphatic rings. The van der Waals surface area contributed by atoms with Gasteiger partial charge in [0.05, 0.1) is 23.5 Å². The van der Waals surface area contributed by atoms with Crippen LogP contribution in [0.4, 0.5) is 0 Å². The first kappa shape index (κ1) is 15.6. The van der Waals surface area contributed by atoms with E-state index in [2.05, 4.69) is 21.6 Å². The largest absolute Gasteiger partial charge is 0.361 e. The van der Waals surface area contributed by atoms with Crippen LogP contribution < -0.4 is 5.32 Å². The molecule has 1 saturated carbocycles. The summed E-state index contributed by atoms with van der Waals surface area (Å²) in [6.07, 6.45) is 4.74. The third-order valence-electron chi connectivity index (χ3n) is 4.31. The van der Waals surface area contributed by atoms with Crippen molar-refractivity contribution in [1.29, 1.82) is 0 Å². The Labute approximate surface area is 145 Å². The molecule has 0 bridgehead atoms. The van der Waals surface area contributed by atoms with E-state index in [-0.39, 0.29) is 12.3 Å². The van der Waals surface area contributed by atoms with Crippen molar-refractivity contribution >= 4 is 5.91 Å². The number of benzene rings is 1. The molecule has 0 spiro atoms. The number of amides is 1. The number of carbonyl (C=O) groups excluding carboxylic acids is 1. The molecule has 2 aromatic heterocycles. The Morgan fingerprint density at radius 1 is 1.28 bits per heavy atom. The molecule has 0 atom stereocenters. The molecule has 1 aromatic carbocycles. The molecule has 6 heteroatoms. The van der Waals surface area contributed by atoms with Crippen molar-refractivity contribution in [2.24, 2.45) is 0 Å². The van der Waals surface area contributed by atoms with Crippen molar-refractivity contribution in [2.75, 3.05) is 0 Å². The second-order valence-corrected chi connectivity index (χ2v) is 6.51. The molecular formula is C19H20N4O2. The number of hydrogen-bond acceptors (Lipinski definition) is 4. The molecule has 0 aliphatic heterocycles. The molecule has 25 heavy (non-hydrogen) atoms. The van der Waals surface area contributed by atoms with Crippen LogP contribution in [-0.2, 0) is 17.8 Å². The van der Waals surface area contributed by atoms with Gasteiger partial charge in [-0.3, -0.25) is 4.79 Å². The third kappa shape index (κ3) is 3.79. The molecular weight excluding hydrogens is 316 g/mol. The number of aryl methyl sites for hydroxylation is 1. The lowest BCUT2D eigenvalue weighted by molar-refractivity contribution is -0.120. The minimum atomic E-state index is -0.0708. The van der Waals surface area contributed by atoms with E-state index in [9.17, 15) is 4.79 Å². The molecule has 128 valence electrons. The van der Waals surface area contributed by atoms with E-state index in [0.717, 1.165) is 11.3 Å². The predicted molar refractivity (Wildman–Crippen MR) is 92.3 cm³/mol. The fourth-order valence-corrected chi connectivity index (χ4v) is 2.77. The topological polar surface area (TPSA) is 73.0 Å². The van der Waals surface area contributed by atoms with Gasteiger partial charge in [-0.25, -0.2) is 4.68 Å². The number of carbonyl (C=O) groups is 1. The quantitative estimate of drug-likeness (QED) is 0.751. The van der Waals surface area contributed by atoms with Crippen LogP contribution in [0.5, 0.6) is 0 Å². The van der Waals surface area contributed by atoms with E-state index >= 15 is 0 Å². The average Bonchev–Trinajstić information content (AvgIpc) is 3.21. The van der Waals surface area contributed by atoms with Gasteiger partial charge in [0.2, 0.25) is 5.91 Å². The average molecular weight is 336 g/mol. The standard InChI is InChI=1S/C19H20N4O2/c1-13-10-16(22-25-13)11-19(24)20-12-14-2-6-17(7-3-14)23-9-8-18(21-23)15-4-5-15/h2-3,6-10,15H,4-5,11-12H2,1H3,(H,20,24). The van der Waals surface area contributed by atoms with Crippen LogP contribution in [0.25, 0.3) is 5.69 Å². The van der Waals surface area contributed by atoms with E-state index in [0.29, 0.717) is 23.9 Å². The highest BCUT2D eigenvalue weighted by Gasteiger charge is 2.25. The van der Waals surface area contributed by atoms with Gasteiger partial charge in [-0.2, -0.15) is 5.10 Å². The molecule has 0 radical (unpaired) electrons. The summed E-state index contributed by atoms with van der Waals surface area (Å²) in [6, 6.07) is 11.9. The van der Waals surface area contributed by atoms with Gasteiger partial charge in [0.25, 0.3) is 0 Å². The van der Waals surface area contributed by atoms with Gasteiger partial charge in [-0.15, -0.1) is 0 Å². The Balaban J connectivity index is 1.32. The van der Waals surface area contributed by atoms with Crippen LogP contribution in [0.15, 0.2) is 47.1 Å². The van der Waals surface area contributed by atoms with Crippen molar-refractivity contribution in [3.05, 3.63) is 65.3 Å². The van der Waals surface area contributed by atoms with Crippen LogP contribution >= 0.6 is 0 Å². The molecule has 0 saturated heterocycles. The van der Waals surface area contributed by atoms with Crippen LogP contribution in [0.1, 0.15) is 41.5 Å². The second-order valence-electron chi connectivity index (χ2n) is 6.51. The van der Waals surface area contributed by atoms with Crippen LogP contribution in [-0.4, -0.2) is 20.8 Å². The van der Waals surface area contributed by atoms with Crippen LogP contribution in [0, 0.1) is 6.92 Å². The summed E-state index contributed by atoms with van der Waals surface area (Å²) in [5.41, 5.74) is 3.90. The summed E-state index contributed by atoms with van der Waals surface area (Å²) in [5.74, 6) is 1.30. The monoisotopic (exact) mass is 336 g/mol. The lowest BCUT2D eigenvalue weighted by Gasteiger charge is -2.06. The molecule has 6 nitrogen and oxygen atoms in total. The van der Waals surface area contributed by atoms with E-state index in [1.807, 2.05) is 42.1 Å². The van der Waals surface area contributed by atoms with Gasteiger partial charge in [-0.1, -0.05) is 17.3 Å². The van der Waals surface area contributed by atoms with Crippen LogP contribution in [0.3, 0.4) is 0 Å². The highest BCUT2D eigenvalue weighted by atomic mass is 16.5. The highest BCUT2D eigenvalue weighted by Crippen LogP contribution is 2.39. The van der Waals surface area contributed by atoms with Crippen molar-refractivity contribution in [3.8, 4) is 5.69 Å². The third-order valence-corrected chi connectivity index (χ3v) is 4.31. The second kappa shape index (κ2) is 6.55. The van der Waals surface area contributed by atoms with E-state index in [4.69, 9.17) is 4.52 Å². The Morgan fingerprint density at radius 3 is 2.76 bits per heavy atom. The molecule has 1 amide bonds. The normalized spacial score (nSPS) is 13.8. The molecule has 1 fully saturated rings. The van der Waals surface area contributed by atoms with Crippen molar-refractivity contribution in [1.82, 2.24) is 20.3 Å². The van der Waals surface area contributed by atoms with Gasteiger partial charge < -0.3 is 9.84 Å². The number of hydrogen-bond donors (Lipinski definition) is 1. The lowest BCUT2D eigenvalue weighted by atomic mass is 10.2. The molecule has 3 aromatic rings. The fraction of sp³-hybridized carbons (Fsp3) is 0.316. The summed E-state index contributed by atoms with van der Waals surface area (Å²) in [7, 11) is 0. The Hall–Kier alpha value is -2.89. The Morgan fingerprint density at radius 2 is 2.08 bits per heavy atom. The van der Waals surface area contributed by atoms with Gasteiger partial charge >= 0.3 is 0 Å². The maximum Gasteiger partial charge on any atom is 0.226 e.